The summed E-state index contributed by atoms with van der Waals surface area (Å²) in [5, 5.41) is 0. The van der Waals surface area contributed by atoms with Gasteiger partial charge in [-0.15, -0.1) is 0 Å². The zero-order valence-corrected chi connectivity index (χ0v) is 11.6. The Morgan fingerprint density at radius 1 is 1.19 bits per heavy atom. The molecule has 110 valence electrons. The summed E-state index contributed by atoms with van der Waals surface area (Å²) in [6, 6.07) is 11.0. The molecule has 0 aliphatic carbocycles. The molecule has 21 heavy (non-hydrogen) atoms. The van der Waals surface area contributed by atoms with E-state index in [1.54, 1.807) is 6.07 Å². The summed E-state index contributed by atoms with van der Waals surface area (Å²) in [7, 11) is 0. The standard InChI is InChI=1S/C15H16N2O4/c1-11-4-2-5-12(10-11)7-9-21-15(19)17-16-14(18)13-6-3-8-20-13/h2-6,8,10H,7,9H2,1H3,(H,16,18)(H,17,19). The quantitative estimate of drug-likeness (QED) is 0.845. The minimum Gasteiger partial charge on any atom is -0.459 e. The predicted molar refractivity (Wildman–Crippen MR) is 75.5 cm³/mol. The van der Waals surface area contributed by atoms with Gasteiger partial charge in [0.25, 0.3) is 0 Å². The van der Waals surface area contributed by atoms with Gasteiger partial charge in [0.15, 0.2) is 5.76 Å². The number of aryl methyl sites for hydroxylation is 1. The average Bonchev–Trinajstić information content (AvgIpc) is 2.99. The van der Waals surface area contributed by atoms with Crippen molar-refractivity contribution in [3.63, 3.8) is 0 Å². The molecular formula is C15H16N2O4. The second kappa shape index (κ2) is 7.14. The molecule has 6 nitrogen and oxygen atoms in total. The molecule has 0 aliphatic heterocycles. The molecule has 2 N–H and O–H groups in total. The SMILES string of the molecule is Cc1cccc(CCOC(=O)NNC(=O)c2ccco2)c1. The van der Waals surface area contributed by atoms with Crippen LogP contribution in [-0.2, 0) is 11.2 Å². The van der Waals surface area contributed by atoms with Crippen LogP contribution in [-0.4, -0.2) is 18.6 Å². The van der Waals surface area contributed by atoms with Gasteiger partial charge in [0, 0.05) is 6.42 Å². The van der Waals surface area contributed by atoms with Crippen molar-refractivity contribution in [3.05, 3.63) is 59.5 Å². The second-order valence-electron chi connectivity index (χ2n) is 4.43. The fraction of sp³-hybridized carbons (Fsp3) is 0.200. The maximum absolute atomic E-state index is 11.5. The number of ether oxygens (including phenoxy) is 1. The van der Waals surface area contributed by atoms with Gasteiger partial charge in [0.2, 0.25) is 0 Å². The van der Waals surface area contributed by atoms with E-state index < -0.39 is 12.0 Å². The van der Waals surface area contributed by atoms with E-state index in [4.69, 9.17) is 9.15 Å². The van der Waals surface area contributed by atoms with Crippen LogP contribution in [0.5, 0.6) is 0 Å². The topological polar surface area (TPSA) is 80.6 Å². The smallest absolute Gasteiger partial charge is 0.426 e. The molecule has 0 bridgehead atoms. The van der Waals surface area contributed by atoms with E-state index in [-0.39, 0.29) is 12.4 Å². The van der Waals surface area contributed by atoms with E-state index in [9.17, 15) is 9.59 Å². The molecule has 6 heteroatoms. The molecule has 0 unspecified atom stereocenters. The molecule has 0 aliphatic rings. The number of rotatable bonds is 4. The van der Waals surface area contributed by atoms with Crippen LogP contribution in [0.3, 0.4) is 0 Å². The van der Waals surface area contributed by atoms with Gasteiger partial charge in [-0.2, -0.15) is 0 Å². The third kappa shape index (κ3) is 4.68. The molecule has 0 saturated heterocycles. The first-order valence-electron chi connectivity index (χ1n) is 6.47. The number of nitrogens with one attached hydrogen (secondary N) is 2. The number of amides is 2. The van der Waals surface area contributed by atoms with Gasteiger partial charge in [0.1, 0.15) is 0 Å². The van der Waals surface area contributed by atoms with Crippen molar-refractivity contribution in [1.82, 2.24) is 10.9 Å². The van der Waals surface area contributed by atoms with Crippen LogP contribution in [0.4, 0.5) is 4.79 Å². The molecule has 1 aromatic heterocycles. The third-order valence-electron chi connectivity index (χ3n) is 2.73. The Bertz CT molecular complexity index is 608. The Labute approximate surface area is 122 Å². The lowest BCUT2D eigenvalue weighted by Gasteiger charge is -2.07. The van der Waals surface area contributed by atoms with Crippen molar-refractivity contribution in [1.29, 1.82) is 0 Å². The van der Waals surface area contributed by atoms with Crippen LogP contribution in [0.15, 0.2) is 47.1 Å². The molecule has 1 aromatic carbocycles. The lowest BCUT2D eigenvalue weighted by atomic mass is 10.1. The molecule has 2 rings (SSSR count). The van der Waals surface area contributed by atoms with Crippen LogP contribution < -0.4 is 10.9 Å². The van der Waals surface area contributed by atoms with E-state index in [2.05, 4.69) is 10.9 Å². The summed E-state index contributed by atoms with van der Waals surface area (Å²) in [4.78, 5) is 22.9. The maximum atomic E-state index is 11.5. The summed E-state index contributed by atoms with van der Waals surface area (Å²) >= 11 is 0. The van der Waals surface area contributed by atoms with E-state index in [0.717, 1.165) is 11.1 Å². The zero-order valence-electron chi connectivity index (χ0n) is 11.6. The van der Waals surface area contributed by atoms with Crippen molar-refractivity contribution >= 4 is 12.0 Å². The molecule has 0 radical (unpaired) electrons. The van der Waals surface area contributed by atoms with E-state index >= 15 is 0 Å². The molecule has 0 fully saturated rings. The molecular weight excluding hydrogens is 272 g/mol. The van der Waals surface area contributed by atoms with E-state index in [1.165, 1.54) is 12.3 Å². The third-order valence-corrected chi connectivity index (χ3v) is 2.73. The summed E-state index contributed by atoms with van der Waals surface area (Å²) in [5.41, 5.74) is 6.57. The van der Waals surface area contributed by atoms with Crippen molar-refractivity contribution in [2.45, 2.75) is 13.3 Å². The van der Waals surface area contributed by atoms with Crippen molar-refractivity contribution in [3.8, 4) is 0 Å². The summed E-state index contributed by atoms with van der Waals surface area (Å²) in [6.07, 6.45) is 1.26. The van der Waals surface area contributed by atoms with Gasteiger partial charge in [-0.1, -0.05) is 29.8 Å². The number of furan rings is 1. The minimum atomic E-state index is -0.720. The summed E-state index contributed by atoms with van der Waals surface area (Å²) in [6.45, 7) is 2.23. The van der Waals surface area contributed by atoms with Crippen molar-refractivity contribution in [2.75, 3.05) is 6.61 Å². The van der Waals surface area contributed by atoms with Crippen molar-refractivity contribution in [2.24, 2.45) is 0 Å². The van der Waals surface area contributed by atoms with Gasteiger partial charge >= 0.3 is 12.0 Å². The second-order valence-corrected chi connectivity index (χ2v) is 4.43. The molecule has 0 spiro atoms. The first kappa shape index (κ1) is 14.6. The van der Waals surface area contributed by atoms with Gasteiger partial charge < -0.3 is 9.15 Å². The monoisotopic (exact) mass is 288 g/mol. The number of hydrazine groups is 1. The van der Waals surface area contributed by atoms with Crippen LogP contribution in [0.25, 0.3) is 0 Å². The zero-order chi connectivity index (χ0) is 15.1. The van der Waals surface area contributed by atoms with Crippen LogP contribution in [0.1, 0.15) is 21.7 Å². The Balaban J connectivity index is 1.67. The fourth-order valence-corrected chi connectivity index (χ4v) is 1.74. The molecule has 1 heterocycles. The molecule has 0 saturated carbocycles. The molecule has 0 atom stereocenters. The van der Waals surface area contributed by atoms with E-state index in [0.29, 0.717) is 6.42 Å². The Morgan fingerprint density at radius 2 is 2.05 bits per heavy atom. The Morgan fingerprint density at radius 3 is 2.76 bits per heavy atom. The van der Waals surface area contributed by atoms with Crippen LogP contribution in [0.2, 0.25) is 0 Å². The van der Waals surface area contributed by atoms with Gasteiger partial charge in [-0.05, 0) is 24.6 Å². The summed E-state index contributed by atoms with van der Waals surface area (Å²) < 4.78 is 9.83. The van der Waals surface area contributed by atoms with Crippen molar-refractivity contribution < 1.29 is 18.7 Å². The largest absolute Gasteiger partial charge is 0.459 e. The van der Waals surface area contributed by atoms with Crippen LogP contribution >= 0.6 is 0 Å². The average molecular weight is 288 g/mol. The van der Waals surface area contributed by atoms with Gasteiger partial charge in [0.05, 0.1) is 12.9 Å². The van der Waals surface area contributed by atoms with Crippen LogP contribution in [0, 0.1) is 6.92 Å². The van der Waals surface area contributed by atoms with Gasteiger partial charge in [-0.25, -0.2) is 10.2 Å². The lowest BCUT2D eigenvalue weighted by Crippen LogP contribution is -2.42. The first-order valence-corrected chi connectivity index (χ1v) is 6.47. The number of hydrogen-bond acceptors (Lipinski definition) is 4. The highest BCUT2D eigenvalue weighted by atomic mass is 16.6. The fourth-order valence-electron chi connectivity index (χ4n) is 1.74. The number of benzene rings is 1. The molecule has 2 amide bonds. The highest BCUT2D eigenvalue weighted by Crippen LogP contribution is 2.04. The first-order chi connectivity index (χ1) is 10.1. The number of carbonyl (C=O) groups is 2. The predicted octanol–water partition coefficient (Wildman–Crippen LogP) is 2.20. The maximum Gasteiger partial charge on any atom is 0.426 e. The highest BCUT2D eigenvalue weighted by molar-refractivity contribution is 5.92. The Kier molecular flexibility index (Phi) is 4.98. The van der Waals surface area contributed by atoms with E-state index in [1.807, 2.05) is 31.2 Å². The number of carbonyl (C=O) groups excluding carboxylic acids is 2. The summed E-state index contributed by atoms with van der Waals surface area (Å²) in [5.74, 6) is -0.439. The molecule has 2 aromatic rings. The van der Waals surface area contributed by atoms with Gasteiger partial charge in [-0.3, -0.25) is 10.2 Å². The number of hydrogen-bond donors (Lipinski definition) is 2. The normalized spacial score (nSPS) is 9.95. The highest BCUT2D eigenvalue weighted by Gasteiger charge is 2.09. The lowest BCUT2D eigenvalue weighted by molar-refractivity contribution is 0.0883. The minimum absolute atomic E-state index is 0.107. The Hall–Kier alpha value is -2.76.